The minimum atomic E-state index is 0.250. The van der Waals surface area contributed by atoms with Crippen LogP contribution in [0.25, 0.3) is 0 Å². The minimum Gasteiger partial charge on any atom is -0.339 e. The normalized spacial score (nSPS) is 14.2. The van der Waals surface area contributed by atoms with Gasteiger partial charge in [0.2, 0.25) is 5.91 Å². The van der Waals surface area contributed by atoms with Crippen molar-refractivity contribution in [1.29, 1.82) is 0 Å². The van der Waals surface area contributed by atoms with Crippen molar-refractivity contribution in [3.05, 3.63) is 71.3 Å². The standard InChI is InChI=1S/C21H26N2O/c1-2-23(16-18-8-4-3-5-9-18)21(24)13-15-22-14-12-19-10-6-7-11-20(19)17-22/h3-11H,2,12-17H2,1H3. The van der Waals surface area contributed by atoms with Crippen LogP contribution in [0.1, 0.15) is 30.0 Å². The van der Waals surface area contributed by atoms with E-state index in [1.165, 1.54) is 16.7 Å². The average Bonchev–Trinajstić information content (AvgIpc) is 2.65. The van der Waals surface area contributed by atoms with Crippen molar-refractivity contribution in [2.24, 2.45) is 0 Å². The molecule has 0 spiro atoms. The molecule has 0 saturated carbocycles. The number of amides is 1. The molecule has 0 N–H and O–H groups in total. The van der Waals surface area contributed by atoms with Crippen molar-refractivity contribution < 1.29 is 4.79 Å². The highest BCUT2D eigenvalue weighted by molar-refractivity contribution is 5.76. The zero-order chi connectivity index (χ0) is 16.8. The van der Waals surface area contributed by atoms with E-state index in [4.69, 9.17) is 0 Å². The van der Waals surface area contributed by atoms with Crippen molar-refractivity contribution in [1.82, 2.24) is 9.80 Å². The van der Waals surface area contributed by atoms with E-state index in [0.717, 1.165) is 32.6 Å². The van der Waals surface area contributed by atoms with E-state index in [-0.39, 0.29) is 5.91 Å². The van der Waals surface area contributed by atoms with Gasteiger partial charge in [-0.3, -0.25) is 9.69 Å². The van der Waals surface area contributed by atoms with Crippen molar-refractivity contribution in [3.8, 4) is 0 Å². The van der Waals surface area contributed by atoms with Crippen LogP contribution in [0.4, 0.5) is 0 Å². The molecule has 1 aliphatic heterocycles. The predicted molar refractivity (Wildman–Crippen MR) is 97.6 cm³/mol. The summed E-state index contributed by atoms with van der Waals surface area (Å²) in [5.41, 5.74) is 4.06. The molecule has 3 heteroatoms. The van der Waals surface area contributed by atoms with Crippen molar-refractivity contribution in [2.45, 2.75) is 32.9 Å². The topological polar surface area (TPSA) is 23.6 Å². The van der Waals surface area contributed by atoms with Crippen LogP contribution < -0.4 is 0 Å². The van der Waals surface area contributed by atoms with E-state index in [2.05, 4.69) is 48.2 Å². The lowest BCUT2D eigenvalue weighted by Gasteiger charge is -2.29. The molecule has 126 valence electrons. The van der Waals surface area contributed by atoms with Gasteiger partial charge in [-0.1, -0.05) is 54.6 Å². The largest absolute Gasteiger partial charge is 0.339 e. The van der Waals surface area contributed by atoms with Gasteiger partial charge in [0.05, 0.1) is 0 Å². The molecule has 0 aliphatic carbocycles. The number of fused-ring (bicyclic) bond motifs is 1. The summed E-state index contributed by atoms with van der Waals surface area (Å²) in [4.78, 5) is 16.9. The summed E-state index contributed by atoms with van der Waals surface area (Å²) >= 11 is 0. The first-order valence-corrected chi connectivity index (χ1v) is 8.87. The summed E-state index contributed by atoms with van der Waals surface area (Å²) < 4.78 is 0. The first kappa shape index (κ1) is 16.7. The van der Waals surface area contributed by atoms with Gasteiger partial charge in [-0.05, 0) is 30.0 Å². The number of rotatable bonds is 6. The molecule has 0 saturated heterocycles. The van der Waals surface area contributed by atoms with Gasteiger partial charge in [0.1, 0.15) is 0 Å². The first-order chi connectivity index (χ1) is 11.8. The van der Waals surface area contributed by atoms with Crippen molar-refractivity contribution >= 4 is 5.91 Å². The average molecular weight is 322 g/mol. The second-order valence-corrected chi connectivity index (χ2v) is 6.44. The van der Waals surface area contributed by atoms with Crippen LogP contribution in [0.15, 0.2) is 54.6 Å². The summed E-state index contributed by atoms with van der Waals surface area (Å²) in [6, 6.07) is 18.9. The third-order valence-electron chi connectivity index (χ3n) is 4.80. The molecule has 0 fully saturated rings. The Balaban J connectivity index is 1.51. The highest BCUT2D eigenvalue weighted by atomic mass is 16.2. The Hall–Kier alpha value is -2.13. The quantitative estimate of drug-likeness (QED) is 0.813. The van der Waals surface area contributed by atoms with Crippen molar-refractivity contribution in [3.63, 3.8) is 0 Å². The van der Waals surface area contributed by atoms with Crippen LogP contribution in [0.3, 0.4) is 0 Å². The Morgan fingerprint density at radius 3 is 2.50 bits per heavy atom. The van der Waals surface area contributed by atoms with Gasteiger partial charge in [0.25, 0.3) is 0 Å². The molecule has 1 heterocycles. The molecule has 1 aliphatic rings. The second kappa shape index (κ2) is 8.11. The lowest BCUT2D eigenvalue weighted by atomic mass is 10.00. The van der Waals surface area contributed by atoms with Crippen molar-refractivity contribution in [2.75, 3.05) is 19.6 Å². The van der Waals surface area contributed by atoms with Gasteiger partial charge >= 0.3 is 0 Å². The lowest BCUT2D eigenvalue weighted by molar-refractivity contribution is -0.132. The first-order valence-electron chi connectivity index (χ1n) is 8.87. The fourth-order valence-electron chi connectivity index (χ4n) is 3.34. The molecule has 1 amide bonds. The zero-order valence-electron chi connectivity index (χ0n) is 14.4. The van der Waals surface area contributed by atoms with E-state index < -0.39 is 0 Å². The Morgan fingerprint density at radius 1 is 1.04 bits per heavy atom. The summed E-state index contributed by atoms with van der Waals surface area (Å²) in [6.07, 6.45) is 1.69. The maximum Gasteiger partial charge on any atom is 0.224 e. The van der Waals surface area contributed by atoms with E-state index in [0.29, 0.717) is 13.0 Å². The molecule has 0 bridgehead atoms. The second-order valence-electron chi connectivity index (χ2n) is 6.44. The molecule has 3 nitrogen and oxygen atoms in total. The van der Waals surface area contributed by atoms with Gasteiger partial charge in [0, 0.05) is 39.1 Å². The molecule has 3 rings (SSSR count). The summed E-state index contributed by atoms with van der Waals surface area (Å²) in [6.45, 7) is 6.38. The monoisotopic (exact) mass is 322 g/mol. The number of nitrogens with zero attached hydrogens (tertiary/aromatic N) is 2. The minimum absolute atomic E-state index is 0.250. The molecular formula is C21H26N2O. The summed E-state index contributed by atoms with van der Waals surface area (Å²) in [5.74, 6) is 0.250. The Labute approximate surface area is 144 Å². The van der Waals surface area contributed by atoms with Gasteiger partial charge in [-0.2, -0.15) is 0 Å². The van der Waals surface area contributed by atoms with Crippen LogP contribution in [-0.2, 0) is 24.3 Å². The maximum atomic E-state index is 12.6. The van der Waals surface area contributed by atoms with E-state index in [9.17, 15) is 4.79 Å². The van der Waals surface area contributed by atoms with Crippen LogP contribution in [0, 0.1) is 0 Å². The molecule has 0 unspecified atom stereocenters. The van der Waals surface area contributed by atoms with Gasteiger partial charge < -0.3 is 4.90 Å². The van der Waals surface area contributed by atoms with E-state index in [1.807, 2.05) is 23.1 Å². The molecule has 0 atom stereocenters. The number of hydrogen-bond donors (Lipinski definition) is 0. The smallest absolute Gasteiger partial charge is 0.224 e. The predicted octanol–water partition coefficient (Wildman–Crippen LogP) is 3.48. The van der Waals surface area contributed by atoms with Crippen LogP contribution >= 0.6 is 0 Å². The number of benzene rings is 2. The van der Waals surface area contributed by atoms with Crippen LogP contribution in [-0.4, -0.2) is 35.3 Å². The van der Waals surface area contributed by atoms with Gasteiger partial charge in [0.15, 0.2) is 0 Å². The highest BCUT2D eigenvalue weighted by Crippen LogP contribution is 2.18. The maximum absolute atomic E-state index is 12.6. The fraction of sp³-hybridized carbons (Fsp3) is 0.381. The SMILES string of the molecule is CCN(Cc1ccccc1)C(=O)CCN1CCc2ccccc2C1. The van der Waals surface area contributed by atoms with Crippen LogP contribution in [0.5, 0.6) is 0 Å². The Kier molecular flexibility index (Phi) is 5.65. The highest BCUT2D eigenvalue weighted by Gasteiger charge is 2.18. The number of carbonyl (C=O) groups is 1. The zero-order valence-corrected chi connectivity index (χ0v) is 14.4. The van der Waals surface area contributed by atoms with E-state index >= 15 is 0 Å². The molecule has 0 aromatic heterocycles. The third-order valence-corrected chi connectivity index (χ3v) is 4.80. The fourth-order valence-corrected chi connectivity index (χ4v) is 3.34. The number of hydrogen-bond acceptors (Lipinski definition) is 2. The molecule has 2 aromatic rings. The molecule has 24 heavy (non-hydrogen) atoms. The summed E-state index contributed by atoms with van der Waals surface area (Å²) in [7, 11) is 0. The lowest BCUT2D eigenvalue weighted by Crippen LogP contribution is -2.36. The molecule has 2 aromatic carbocycles. The summed E-state index contributed by atoms with van der Waals surface area (Å²) in [5, 5.41) is 0. The van der Waals surface area contributed by atoms with E-state index in [1.54, 1.807) is 0 Å². The molecule has 0 radical (unpaired) electrons. The van der Waals surface area contributed by atoms with Gasteiger partial charge in [-0.15, -0.1) is 0 Å². The Bertz CT molecular complexity index is 669. The van der Waals surface area contributed by atoms with Crippen LogP contribution in [0.2, 0.25) is 0 Å². The van der Waals surface area contributed by atoms with Gasteiger partial charge in [-0.25, -0.2) is 0 Å². The molecular weight excluding hydrogens is 296 g/mol. The Morgan fingerprint density at radius 2 is 1.75 bits per heavy atom. The third kappa shape index (κ3) is 4.24. The number of carbonyl (C=O) groups excluding carboxylic acids is 1.